The van der Waals surface area contributed by atoms with Gasteiger partial charge < -0.3 is 16.2 Å². The largest absolute Gasteiger partial charge is 0.482 e. The number of nitrogens with two attached hydrogens (primary N) is 2. The zero-order valence-electron chi connectivity index (χ0n) is 7.14. The van der Waals surface area contributed by atoms with E-state index < -0.39 is 12.8 Å². The van der Waals surface area contributed by atoms with Gasteiger partial charge in [-0.2, -0.15) is 13.2 Å². The topological polar surface area (TPSA) is 61.3 Å². The second-order valence-corrected chi connectivity index (χ2v) is 2.70. The molecule has 3 nitrogen and oxygen atoms in total. The first-order chi connectivity index (χ1) is 6.38. The van der Waals surface area contributed by atoms with Crippen molar-refractivity contribution in [3.63, 3.8) is 0 Å². The molecule has 0 heterocycles. The minimum atomic E-state index is -4.38. The highest BCUT2D eigenvalue weighted by molar-refractivity contribution is 5.59. The van der Waals surface area contributed by atoms with Gasteiger partial charge in [-0.1, -0.05) is 0 Å². The summed E-state index contributed by atoms with van der Waals surface area (Å²) in [5.41, 5.74) is 11.2. The number of anilines is 2. The highest BCUT2D eigenvalue weighted by atomic mass is 19.4. The fourth-order valence-electron chi connectivity index (χ4n) is 0.836. The number of benzene rings is 1. The minimum Gasteiger partial charge on any atom is -0.482 e. The van der Waals surface area contributed by atoms with Gasteiger partial charge >= 0.3 is 6.18 Å². The summed E-state index contributed by atoms with van der Waals surface area (Å²) in [4.78, 5) is 0. The molecule has 0 fully saturated rings. The van der Waals surface area contributed by atoms with E-state index in [1.165, 1.54) is 18.2 Å². The van der Waals surface area contributed by atoms with Crippen LogP contribution in [-0.2, 0) is 0 Å². The van der Waals surface area contributed by atoms with Crippen molar-refractivity contribution in [2.75, 3.05) is 18.1 Å². The van der Waals surface area contributed by atoms with E-state index in [-0.39, 0.29) is 11.4 Å². The van der Waals surface area contributed by atoms with Crippen molar-refractivity contribution in [3.8, 4) is 5.75 Å². The molecule has 0 radical (unpaired) electrons. The molecule has 0 aliphatic carbocycles. The van der Waals surface area contributed by atoms with Crippen molar-refractivity contribution in [2.45, 2.75) is 6.18 Å². The molecule has 14 heavy (non-hydrogen) atoms. The van der Waals surface area contributed by atoms with Gasteiger partial charge in [0.1, 0.15) is 5.75 Å². The van der Waals surface area contributed by atoms with Crippen LogP contribution in [0, 0.1) is 0 Å². The molecule has 4 N–H and O–H groups in total. The molecule has 0 amide bonds. The Labute approximate surface area is 78.5 Å². The standard InChI is InChI=1S/C8H9F3N2O/c9-8(10,11)4-14-7-3-5(12)1-2-6(7)13/h1-3H,4,12-13H2. The van der Waals surface area contributed by atoms with Crippen LogP contribution < -0.4 is 16.2 Å². The Morgan fingerprint density at radius 2 is 1.86 bits per heavy atom. The normalized spacial score (nSPS) is 11.4. The Balaban J connectivity index is 2.72. The molecule has 0 aromatic heterocycles. The van der Waals surface area contributed by atoms with Crippen LogP contribution in [0.3, 0.4) is 0 Å². The van der Waals surface area contributed by atoms with E-state index in [4.69, 9.17) is 11.5 Å². The van der Waals surface area contributed by atoms with Gasteiger partial charge in [-0.25, -0.2) is 0 Å². The molecule has 78 valence electrons. The average molecular weight is 206 g/mol. The van der Waals surface area contributed by atoms with Crippen molar-refractivity contribution < 1.29 is 17.9 Å². The summed E-state index contributed by atoms with van der Waals surface area (Å²) in [6.45, 7) is -1.37. The fourth-order valence-corrected chi connectivity index (χ4v) is 0.836. The second kappa shape index (κ2) is 3.65. The monoisotopic (exact) mass is 206 g/mol. The lowest BCUT2D eigenvalue weighted by molar-refractivity contribution is -0.153. The third-order valence-electron chi connectivity index (χ3n) is 1.43. The predicted octanol–water partition coefficient (Wildman–Crippen LogP) is 1.79. The number of ether oxygens (including phenoxy) is 1. The summed E-state index contributed by atoms with van der Waals surface area (Å²) in [6, 6.07) is 4.12. The molecule has 0 unspecified atom stereocenters. The minimum absolute atomic E-state index is 0.0534. The summed E-state index contributed by atoms with van der Waals surface area (Å²) in [5.74, 6) is -0.0534. The maximum Gasteiger partial charge on any atom is 0.422 e. The smallest absolute Gasteiger partial charge is 0.422 e. The van der Waals surface area contributed by atoms with Gasteiger partial charge in [-0.05, 0) is 12.1 Å². The maximum atomic E-state index is 11.8. The first kappa shape index (κ1) is 10.5. The summed E-state index contributed by atoms with van der Waals surface area (Å²) < 4.78 is 39.8. The highest BCUT2D eigenvalue weighted by Gasteiger charge is 2.28. The molecular weight excluding hydrogens is 197 g/mol. The van der Waals surface area contributed by atoms with Crippen molar-refractivity contribution in [2.24, 2.45) is 0 Å². The van der Waals surface area contributed by atoms with E-state index in [9.17, 15) is 13.2 Å². The van der Waals surface area contributed by atoms with Crippen molar-refractivity contribution in [1.82, 2.24) is 0 Å². The van der Waals surface area contributed by atoms with Crippen LogP contribution in [0.1, 0.15) is 0 Å². The van der Waals surface area contributed by atoms with E-state index in [0.29, 0.717) is 5.69 Å². The van der Waals surface area contributed by atoms with Gasteiger partial charge in [0.15, 0.2) is 6.61 Å². The van der Waals surface area contributed by atoms with Crippen molar-refractivity contribution in [3.05, 3.63) is 18.2 Å². The first-order valence-electron chi connectivity index (χ1n) is 3.73. The fraction of sp³-hybridized carbons (Fsp3) is 0.250. The lowest BCUT2D eigenvalue weighted by Crippen LogP contribution is -2.19. The van der Waals surface area contributed by atoms with Crippen LogP contribution in [0.4, 0.5) is 24.5 Å². The highest BCUT2D eigenvalue weighted by Crippen LogP contribution is 2.26. The van der Waals surface area contributed by atoms with Crippen LogP contribution >= 0.6 is 0 Å². The summed E-state index contributed by atoms with van der Waals surface area (Å²) >= 11 is 0. The first-order valence-corrected chi connectivity index (χ1v) is 3.73. The van der Waals surface area contributed by atoms with E-state index in [2.05, 4.69) is 4.74 Å². The van der Waals surface area contributed by atoms with Gasteiger partial charge in [0, 0.05) is 11.8 Å². The molecule has 0 atom stereocenters. The van der Waals surface area contributed by atoms with E-state index in [1.807, 2.05) is 0 Å². The quantitative estimate of drug-likeness (QED) is 0.725. The van der Waals surface area contributed by atoms with Gasteiger partial charge in [0.2, 0.25) is 0 Å². The molecule has 0 saturated heterocycles. The van der Waals surface area contributed by atoms with Crippen LogP contribution in [0.5, 0.6) is 5.75 Å². The number of hydrogen-bond acceptors (Lipinski definition) is 3. The zero-order valence-corrected chi connectivity index (χ0v) is 7.14. The van der Waals surface area contributed by atoms with E-state index in [0.717, 1.165) is 0 Å². The Kier molecular flexibility index (Phi) is 2.73. The molecule has 0 spiro atoms. The number of alkyl halides is 3. The van der Waals surface area contributed by atoms with E-state index in [1.54, 1.807) is 0 Å². The van der Waals surface area contributed by atoms with Gasteiger partial charge in [-0.15, -0.1) is 0 Å². The number of nitrogen functional groups attached to an aromatic ring is 2. The van der Waals surface area contributed by atoms with Gasteiger partial charge in [-0.3, -0.25) is 0 Å². The van der Waals surface area contributed by atoms with Crippen molar-refractivity contribution in [1.29, 1.82) is 0 Å². The molecule has 1 rings (SSSR count). The third-order valence-corrected chi connectivity index (χ3v) is 1.43. The molecule has 1 aromatic carbocycles. The summed E-state index contributed by atoms with van der Waals surface area (Å²) in [7, 11) is 0. The van der Waals surface area contributed by atoms with Crippen LogP contribution in [0.2, 0.25) is 0 Å². The molecule has 0 aliphatic rings. The molecular formula is C8H9F3N2O. The van der Waals surface area contributed by atoms with Crippen molar-refractivity contribution >= 4 is 11.4 Å². The van der Waals surface area contributed by atoms with Crippen LogP contribution in [0.25, 0.3) is 0 Å². The van der Waals surface area contributed by atoms with Gasteiger partial charge in [0.05, 0.1) is 5.69 Å². The lowest BCUT2D eigenvalue weighted by Gasteiger charge is -2.11. The molecule has 6 heteroatoms. The maximum absolute atomic E-state index is 11.8. The summed E-state index contributed by atoms with van der Waals surface area (Å²) in [6.07, 6.45) is -4.38. The summed E-state index contributed by atoms with van der Waals surface area (Å²) in [5, 5.41) is 0. The Morgan fingerprint density at radius 1 is 1.21 bits per heavy atom. The number of hydrogen-bond donors (Lipinski definition) is 2. The van der Waals surface area contributed by atoms with Crippen LogP contribution in [-0.4, -0.2) is 12.8 Å². The molecule has 1 aromatic rings. The average Bonchev–Trinajstić information content (AvgIpc) is 2.05. The van der Waals surface area contributed by atoms with Crippen LogP contribution in [0.15, 0.2) is 18.2 Å². The van der Waals surface area contributed by atoms with Gasteiger partial charge in [0.25, 0.3) is 0 Å². The van der Waals surface area contributed by atoms with E-state index >= 15 is 0 Å². The number of rotatable bonds is 2. The number of halogens is 3. The third kappa shape index (κ3) is 3.04. The predicted molar refractivity (Wildman–Crippen MR) is 46.8 cm³/mol. The molecule has 0 saturated carbocycles. The molecule has 0 bridgehead atoms. The Bertz CT molecular complexity index is 325. The SMILES string of the molecule is Nc1ccc(N)c(OCC(F)(F)F)c1. The Hall–Kier alpha value is -1.59. The lowest BCUT2D eigenvalue weighted by atomic mass is 10.2. The second-order valence-electron chi connectivity index (χ2n) is 2.70. The Morgan fingerprint density at radius 3 is 2.43 bits per heavy atom. The zero-order chi connectivity index (χ0) is 10.8. The molecule has 0 aliphatic heterocycles.